The Balaban J connectivity index is 1.50. The predicted octanol–water partition coefficient (Wildman–Crippen LogP) is 5.37. The van der Waals surface area contributed by atoms with Crippen LogP contribution < -0.4 is 5.32 Å². The average Bonchev–Trinajstić information content (AvgIpc) is 3.36. The molecule has 1 unspecified atom stereocenters. The van der Waals surface area contributed by atoms with Crippen molar-refractivity contribution in [1.82, 2.24) is 15.3 Å². The number of nitrogens with zero attached hydrogens (tertiary/aromatic N) is 2. The van der Waals surface area contributed by atoms with Crippen molar-refractivity contribution in [2.45, 2.75) is 12.5 Å². The van der Waals surface area contributed by atoms with Crippen LogP contribution in [-0.4, -0.2) is 15.9 Å². The van der Waals surface area contributed by atoms with Crippen LogP contribution in [0.15, 0.2) is 72.2 Å². The quantitative estimate of drug-likeness (QED) is 0.452. The monoisotopic (exact) mass is 425 g/mol. The van der Waals surface area contributed by atoms with Crippen molar-refractivity contribution in [2.24, 2.45) is 0 Å². The summed E-state index contributed by atoms with van der Waals surface area (Å²) in [6, 6.07) is 19.0. The van der Waals surface area contributed by atoms with Gasteiger partial charge in [-0.25, -0.2) is 4.98 Å². The van der Waals surface area contributed by atoms with Gasteiger partial charge in [-0.2, -0.15) is 0 Å². The molecule has 0 spiro atoms. The third-order valence-electron chi connectivity index (χ3n) is 4.10. The molecule has 3 heterocycles. The lowest BCUT2D eigenvalue weighted by atomic mass is 10.0. The SMILES string of the molecule is O=C(Cc1csc(-c2ccc(Cl)s2)n1)NC(c1ccccc1)c1ccccn1. The van der Waals surface area contributed by atoms with Gasteiger partial charge in [0.2, 0.25) is 5.91 Å². The molecule has 0 bridgehead atoms. The van der Waals surface area contributed by atoms with E-state index in [0.29, 0.717) is 0 Å². The number of amides is 1. The van der Waals surface area contributed by atoms with Gasteiger partial charge >= 0.3 is 0 Å². The van der Waals surface area contributed by atoms with Crippen molar-refractivity contribution < 1.29 is 4.79 Å². The van der Waals surface area contributed by atoms with Gasteiger partial charge in [-0.05, 0) is 29.8 Å². The fraction of sp³-hybridized carbons (Fsp3) is 0.0952. The number of pyridine rings is 1. The standard InChI is InChI=1S/C21H16ClN3OS2/c22-18-10-9-17(28-18)21-24-15(13-27-21)12-19(26)25-20(14-6-2-1-3-7-14)16-8-4-5-11-23-16/h1-11,13,20H,12H2,(H,25,26). The van der Waals surface area contributed by atoms with E-state index >= 15 is 0 Å². The van der Waals surface area contributed by atoms with Crippen molar-refractivity contribution in [3.8, 4) is 9.88 Å². The summed E-state index contributed by atoms with van der Waals surface area (Å²) < 4.78 is 0.727. The first-order valence-electron chi connectivity index (χ1n) is 8.64. The van der Waals surface area contributed by atoms with Gasteiger partial charge in [0.25, 0.3) is 0 Å². The third kappa shape index (κ3) is 4.47. The van der Waals surface area contributed by atoms with Crippen LogP contribution in [0.2, 0.25) is 4.34 Å². The van der Waals surface area contributed by atoms with E-state index in [1.807, 2.05) is 66.0 Å². The van der Waals surface area contributed by atoms with Crippen LogP contribution in [0.3, 0.4) is 0 Å². The summed E-state index contributed by atoms with van der Waals surface area (Å²) in [7, 11) is 0. The van der Waals surface area contributed by atoms with Gasteiger partial charge in [0, 0.05) is 11.6 Å². The number of carbonyl (C=O) groups is 1. The Morgan fingerprint density at radius 3 is 2.61 bits per heavy atom. The molecule has 4 nitrogen and oxygen atoms in total. The summed E-state index contributed by atoms with van der Waals surface area (Å²) in [5.74, 6) is -0.0967. The number of hydrogen-bond donors (Lipinski definition) is 1. The molecule has 0 fully saturated rings. The maximum Gasteiger partial charge on any atom is 0.226 e. The first-order chi connectivity index (χ1) is 13.7. The maximum absolute atomic E-state index is 12.7. The van der Waals surface area contributed by atoms with E-state index in [4.69, 9.17) is 11.6 Å². The second kappa shape index (κ2) is 8.65. The molecular weight excluding hydrogens is 410 g/mol. The zero-order chi connectivity index (χ0) is 19.3. The van der Waals surface area contributed by atoms with E-state index in [1.54, 1.807) is 6.20 Å². The summed E-state index contributed by atoms with van der Waals surface area (Å²) >= 11 is 9.00. The zero-order valence-corrected chi connectivity index (χ0v) is 17.1. The van der Waals surface area contributed by atoms with Gasteiger partial charge in [0.15, 0.2) is 0 Å². The van der Waals surface area contributed by atoms with Gasteiger partial charge in [-0.15, -0.1) is 22.7 Å². The molecule has 0 saturated heterocycles. The highest BCUT2D eigenvalue weighted by Gasteiger charge is 2.19. The van der Waals surface area contributed by atoms with E-state index in [1.165, 1.54) is 22.7 Å². The molecule has 1 atom stereocenters. The van der Waals surface area contributed by atoms with Crippen LogP contribution in [0, 0.1) is 0 Å². The van der Waals surface area contributed by atoms with Crippen LogP contribution in [0.4, 0.5) is 0 Å². The second-order valence-corrected chi connectivity index (χ2v) is 8.66. The minimum atomic E-state index is -0.302. The van der Waals surface area contributed by atoms with Crippen LogP contribution in [0.5, 0.6) is 0 Å². The number of carbonyl (C=O) groups excluding carboxylic acids is 1. The molecule has 1 amide bonds. The molecule has 1 N–H and O–H groups in total. The molecule has 4 aromatic rings. The first-order valence-corrected chi connectivity index (χ1v) is 10.7. The molecule has 4 rings (SSSR count). The second-order valence-electron chi connectivity index (χ2n) is 6.09. The molecule has 28 heavy (non-hydrogen) atoms. The Morgan fingerprint density at radius 2 is 1.89 bits per heavy atom. The molecule has 7 heteroatoms. The lowest BCUT2D eigenvalue weighted by molar-refractivity contribution is -0.121. The van der Waals surface area contributed by atoms with E-state index in [9.17, 15) is 4.79 Å². The minimum absolute atomic E-state index is 0.0967. The van der Waals surface area contributed by atoms with Crippen molar-refractivity contribution in [3.05, 3.63) is 93.5 Å². The minimum Gasteiger partial charge on any atom is -0.343 e. The number of hydrogen-bond acceptors (Lipinski definition) is 5. The molecule has 1 aromatic carbocycles. The number of nitrogens with one attached hydrogen (secondary N) is 1. The lowest BCUT2D eigenvalue weighted by Gasteiger charge is -2.18. The highest BCUT2D eigenvalue weighted by Crippen LogP contribution is 2.33. The molecular formula is C21H16ClN3OS2. The van der Waals surface area contributed by atoms with Crippen molar-refractivity contribution in [3.63, 3.8) is 0 Å². The van der Waals surface area contributed by atoms with Crippen molar-refractivity contribution in [1.29, 1.82) is 0 Å². The number of thiophene rings is 1. The molecule has 0 saturated carbocycles. The Labute approximate surface area is 175 Å². The zero-order valence-electron chi connectivity index (χ0n) is 14.7. The molecule has 3 aromatic heterocycles. The van der Waals surface area contributed by atoms with E-state index in [2.05, 4.69) is 15.3 Å². The van der Waals surface area contributed by atoms with E-state index in [-0.39, 0.29) is 18.4 Å². The maximum atomic E-state index is 12.7. The molecule has 0 aliphatic carbocycles. The number of benzene rings is 1. The number of aromatic nitrogens is 2. The van der Waals surface area contributed by atoms with Crippen LogP contribution in [-0.2, 0) is 11.2 Å². The Kier molecular flexibility index (Phi) is 5.81. The summed E-state index contributed by atoms with van der Waals surface area (Å²) in [5, 5.41) is 5.89. The summed E-state index contributed by atoms with van der Waals surface area (Å²) in [5.41, 5.74) is 2.53. The number of rotatable bonds is 6. The van der Waals surface area contributed by atoms with E-state index in [0.717, 1.165) is 31.2 Å². The highest BCUT2D eigenvalue weighted by molar-refractivity contribution is 7.23. The van der Waals surface area contributed by atoms with Gasteiger partial charge in [-0.1, -0.05) is 48.0 Å². The van der Waals surface area contributed by atoms with E-state index < -0.39 is 0 Å². The largest absolute Gasteiger partial charge is 0.343 e. The summed E-state index contributed by atoms with van der Waals surface area (Å²) in [6.07, 6.45) is 1.95. The highest BCUT2D eigenvalue weighted by atomic mass is 35.5. The topological polar surface area (TPSA) is 54.9 Å². The smallest absolute Gasteiger partial charge is 0.226 e. The number of thiazole rings is 1. The normalized spacial score (nSPS) is 11.9. The predicted molar refractivity (Wildman–Crippen MR) is 115 cm³/mol. The van der Waals surface area contributed by atoms with Crippen molar-refractivity contribution >= 4 is 40.2 Å². The fourth-order valence-electron chi connectivity index (χ4n) is 2.83. The molecule has 0 aliphatic heterocycles. The van der Waals surface area contributed by atoms with Gasteiger partial charge in [0.05, 0.1) is 33.1 Å². The number of halogens is 1. The summed E-state index contributed by atoms with van der Waals surface area (Å²) in [6.45, 7) is 0. The van der Waals surface area contributed by atoms with Gasteiger partial charge in [0.1, 0.15) is 5.01 Å². The Morgan fingerprint density at radius 1 is 1.07 bits per heavy atom. The van der Waals surface area contributed by atoms with Crippen LogP contribution in [0.1, 0.15) is 23.0 Å². The molecule has 140 valence electrons. The van der Waals surface area contributed by atoms with Crippen LogP contribution >= 0.6 is 34.3 Å². The molecule has 0 radical (unpaired) electrons. The third-order valence-corrected chi connectivity index (χ3v) is 6.39. The fourth-order valence-corrected chi connectivity index (χ4v) is 4.76. The Bertz CT molecular complexity index is 1020. The van der Waals surface area contributed by atoms with Gasteiger partial charge in [-0.3, -0.25) is 9.78 Å². The van der Waals surface area contributed by atoms with Crippen molar-refractivity contribution in [2.75, 3.05) is 0 Å². The first kappa shape index (κ1) is 18.8. The Hall–Kier alpha value is -2.54. The molecule has 0 aliphatic rings. The average molecular weight is 426 g/mol. The lowest BCUT2D eigenvalue weighted by Crippen LogP contribution is -2.31. The summed E-state index contributed by atoms with van der Waals surface area (Å²) in [4.78, 5) is 22.7. The van der Waals surface area contributed by atoms with Gasteiger partial charge < -0.3 is 5.32 Å². The van der Waals surface area contributed by atoms with Crippen LogP contribution in [0.25, 0.3) is 9.88 Å².